The predicted octanol–water partition coefficient (Wildman–Crippen LogP) is 1.03. The molecule has 4 atom stereocenters. The number of non-ortho nitro benzene ring substituents is 1. The third kappa shape index (κ3) is 5.17. The van der Waals surface area contributed by atoms with Gasteiger partial charge < -0.3 is 25.0 Å². The standard InChI is InChI=1S/C25H25N3O10S/c1-37-24(26-19(29)11-15-5-3-2-4-6-15)21(32)27-22(24)39-14-17(12-20(30)31)25(27,34)23(33)38-13-16-7-9-18(10-8-16)28(35)36/h2-10,17,22,34H,11-14H2,1H3,(H,26,29)(H,30,31)/t17?,22-,24+,25?/m1/s1. The maximum absolute atomic E-state index is 13.5. The topological polar surface area (TPSA) is 186 Å². The van der Waals surface area contributed by atoms with Crippen molar-refractivity contribution in [3.05, 3.63) is 75.8 Å². The SMILES string of the molecule is CO[C@@]1(NC(=O)Cc2ccccc2)C(=O)N2[C@@H]1SCC(CC(=O)O)C2(O)C(=O)OCc1ccc([N+](=O)[O-])cc1. The Balaban J connectivity index is 1.55. The van der Waals surface area contributed by atoms with Crippen molar-refractivity contribution in [1.82, 2.24) is 10.2 Å². The Bertz CT molecular complexity index is 1290. The van der Waals surface area contributed by atoms with E-state index < -0.39 is 64.4 Å². The van der Waals surface area contributed by atoms with E-state index in [0.717, 1.165) is 16.7 Å². The molecule has 14 heteroatoms. The summed E-state index contributed by atoms with van der Waals surface area (Å²) in [6, 6.07) is 13.9. The number of aliphatic carboxylic acids is 1. The first kappa shape index (κ1) is 28.0. The second-order valence-corrected chi connectivity index (χ2v) is 10.1. The number of nitro benzene ring substituents is 1. The van der Waals surface area contributed by atoms with Crippen molar-refractivity contribution in [3.63, 3.8) is 0 Å². The van der Waals surface area contributed by atoms with Gasteiger partial charge in [0.05, 0.1) is 17.8 Å². The van der Waals surface area contributed by atoms with E-state index in [1.54, 1.807) is 30.3 Å². The molecule has 2 aliphatic heterocycles. The first-order valence-electron chi connectivity index (χ1n) is 11.7. The third-order valence-corrected chi connectivity index (χ3v) is 8.06. The van der Waals surface area contributed by atoms with E-state index in [1.807, 2.05) is 0 Å². The second-order valence-electron chi connectivity index (χ2n) is 9.03. The number of rotatable bonds is 10. The van der Waals surface area contributed by atoms with E-state index in [0.29, 0.717) is 11.1 Å². The number of carbonyl (C=O) groups excluding carboxylic acids is 3. The summed E-state index contributed by atoms with van der Waals surface area (Å²) in [7, 11) is 1.20. The molecule has 2 fully saturated rings. The molecule has 0 aliphatic carbocycles. The van der Waals surface area contributed by atoms with Crippen LogP contribution < -0.4 is 5.32 Å². The number of esters is 1. The van der Waals surface area contributed by atoms with Gasteiger partial charge in [-0.25, -0.2) is 4.79 Å². The van der Waals surface area contributed by atoms with Crippen molar-refractivity contribution in [2.75, 3.05) is 12.9 Å². The number of nitrogens with one attached hydrogen (secondary N) is 1. The summed E-state index contributed by atoms with van der Waals surface area (Å²) >= 11 is 1.06. The highest BCUT2D eigenvalue weighted by atomic mass is 32.2. The van der Waals surface area contributed by atoms with Gasteiger partial charge in [-0.2, -0.15) is 0 Å². The fourth-order valence-electron chi connectivity index (χ4n) is 4.59. The van der Waals surface area contributed by atoms with E-state index in [4.69, 9.17) is 9.47 Å². The number of thioether (sulfide) groups is 1. The van der Waals surface area contributed by atoms with Crippen LogP contribution in [0.15, 0.2) is 54.6 Å². The molecule has 0 spiro atoms. The number of nitro groups is 1. The Morgan fingerprint density at radius 1 is 1.15 bits per heavy atom. The summed E-state index contributed by atoms with van der Waals surface area (Å²) in [6.07, 6.45) is -0.702. The van der Waals surface area contributed by atoms with Gasteiger partial charge in [0.25, 0.3) is 17.3 Å². The van der Waals surface area contributed by atoms with Crippen molar-refractivity contribution in [2.45, 2.75) is 36.3 Å². The van der Waals surface area contributed by atoms with Gasteiger partial charge >= 0.3 is 11.9 Å². The zero-order valence-electron chi connectivity index (χ0n) is 20.6. The fraction of sp³-hybridized carbons (Fsp3) is 0.360. The zero-order valence-corrected chi connectivity index (χ0v) is 21.5. The van der Waals surface area contributed by atoms with Crippen LogP contribution >= 0.6 is 11.8 Å². The minimum absolute atomic E-state index is 0.0558. The monoisotopic (exact) mass is 559 g/mol. The smallest absolute Gasteiger partial charge is 0.360 e. The minimum atomic E-state index is -2.67. The first-order valence-corrected chi connectivity index (χ1v) is 12.8. The van der Waals surface area contributed by atoms with E-state index in [-0.39, 0.29) is 17.9 Å². The summed E-state index contributed by atoms with van der Waals surface area (Å²) < 4.78 is 10.7. The highest BCUT2D eigenvalue weighted by molar-refractivity contribution is 8.00. The summed E-state index contributed by atoms with van der Waals surface area (Å²) in [6.45, 7) is -0.401. The second kappa shape index (κ2) is 11.0. The number of benzene rings is 2. The van der Waals surface area contributed by atoms with Gasteiger partial charge in [0, 0.05) is 30.9 Å². The van der Waals surface area contributed by atoms with Crippen molar-refractivity contribution in [3.8, 4) is 0 Å². The molecular formula is C25H25N3O10S. The minimum Gasteiger partial charge on any atom is -0.481 e. The number of carboxylic acid groups (broad SMARTS) is 1. The van der Waals surface area contributed by atoms with Crippen LogP contribution in [-0.4, -0.2) is 73.5 Å². The molecule has 2 aromatic rings. The van der Waals surface area contributed by atoms with Gasteiger partial charge in [0.1, 0.15) is 12.0 Å². The number of amides is 2. The Kier molecular flexibility index (Phi) is 7.90. The molecule has 206 valence electrons. The molecule has 2 aliphatic rings. The number of aliphatic hydroxyl groups is 1. The van der Waals surface area contributed by atoms with Gasteiger partial charge in [-0.1, -0.05) is 30.3 Å². The molecule has 4 rings (SSSR count). The summed E-state index contributed by atoms with van der Waals surface area (Å²) in [5, 5.41) is 33.4. The van der Waals surface area contributed by atoms with Crippen LogP contribution in [-0.2, 0) is 41.7 Å². The molecule has 0 bridgehead atoms. The largest absolute Gasteiger partial charge is 0.481 e. The number of carbonyl (C=O) groups is 4. The molecule has 13 nitrogen and oxygen atoms in total. The molecule has 3 N–H and O–H groups in total. The van der Waals surface area contributed by atoms with Crippen LogP contribution in [0.3, 0.4) is 0 Å². The Morgan fingerprint density at radius 2 is 1.82 bits per heavy atom. The van der Waals surface area contributed by atoms with Crippen LogP contribution in [0.5, 0.6) is 0 Å². The fourth-order valence-corrected chi connectivity index (χ4v) is 6.25. The number of ether oxygens (including phenoxy) is 2. The number of β-lactam (4-membered cyclic amide) rings is 1. The third-order valence-electron chi connectivity index (χ3n) is 6.60. The lowest BCUT2D eigenvalue weighted by molar-refractivity contribution is -0.384. The molecular weight excluding hydrogens is 534 g/mol. The molecule has 2 amide bonds. The molecule has 2 saturated heterocycles. The number of carboxylic acids is 1. The highest BCUT2D eigenvalue weighted by Gasteiger charge is 2.74. The lowest BCUT2D eigenvalue weighted by Crippen LogP contribution is -2.87. The number of fused-ring (bicyclic) bond motifs is 1. The van der Waals surface area contributed by atoms with Gasteiger partial charge in [-0.15, -0.1) is 11.8 Å². The average Bonchev–Trinajstić information content (AvgIpc) is 2.91. The van der Waals surface area contributed by atoms with E-state index in [2.05, 4.69) is 5.32 Å². The molecule has 0 radical (unpaired) electrons. The Morgan fingerprint density at radius 3 is 2.41 bits per heavy atom. The van der Waals surface area contributed by atoms with E-state index in [1.165, 1.54) is 31.4 Å². The van der Waals surface area contributed by atoms with Crippen molar-refractivity contribution in [2.24, 2.45) is 5.92 Å². The van der Waals surface area contributed by atoms with Crippen LogP contribution in [0.25, 0.3) is 0 Å². The van der Waals surface area contributed by atoms with Crippen molar-refractivity contribution in [1.29, 1.82) is 0 Å². The Labute approximate surface area is 226 Å². The number of nitrogens with zero attached hydrogens (tertiary/aromatic N) is 2. The zero-order chi connectivity index (χ0) is 28.4. The lowest BCUT2D eigenvalue weighted by atomic mass is 9.85. The van der Waals surface area contributed by atoms with Crippen molar-refractivity contribution < 1.29 is 43.8 Å². The molecule has 0 saturated carbocycles. The maximum atomic E-state index is 13.5. The maximum Gasteiger partial charge on any atom is 0.360 e. The van der Waals surface area contributed by atoms with Gasteiger partial charge in [-0.05, 0) is 23.3 Å². The summed E-state index contributed by atoms with van der Waals surface area (Å²) in [4.78, 5) is 62.1. The van der Waals surface area contributed by atoms with E-state index in [9.17, 15) is 39.5 Å². The highest BCUT2D eigenvalue weighted by Crippen LogP contribution is 2.51. The molecule has 39 heavy (non-hydrogen) atoms. The van der Waals surface area contributed by atoms with Gasteiger partial charge in [-0.3, -0.25) is 29.4 Å². The van der Waals surface area contributed by atoms with Crippen LogP contribution in [0.4, 0.5) is 5.69 Å². The number of methoxy groups -OCH3 is 1. The normalized spacial score (nSPS) is 25.7. The van der Waals surface area contributed by atoms with Gasteiger partial charge in [0.15, 0.2) is 0 Å². The molecule has 2 aromatic carbocycles. The number of hydrogen-bond donors (Lipinski definition) is 3. The number of hydrogen-bond acceptors (Lipinski definition) is 10. The predicted molar refractivity (Wildman–Crippen MR) is 135 cm³/mol. The average molecular weight is 560 g/mol. The Hall–Kier alpha value is -4.01. The van der Waals surface area contributed by atoms with Crippen LogP contribution in [0.2, 0.25) is 0 Å². The molecule has 2 heterocycles. The van der Waals surface area contributed by atoms with Crippen LogP contribution in [0, 0.1) is 16.0 Å². The first-order chi connectivity index (χ1) is 18.5. The van der Waals surface area contributed by atoms with Crippen molar-refractivity contribution >= 4 is 41.2 Å². The molecule has 2 unspecified atom stereocenters. The molecule has 0 aromatic heterocycles. The van der Waals surface area contributed by atoms with Gasteiger partial charge in [0.2, 0.25) is 11.6 Å². The quantitative estimate of drug-likeness (QED) is 0.124. The van der Waals surface area contributed by atoms with Crippen LogP contribution in [0.1, 0.15) is 17.5 Å². The van der Waals surface area contributed by atoms with E-state index >= 15 is 0 Å². The lowest BCUT2D eigenvalue weighted by Gasteiger charge is -2.62. The summed E-state index contributed by atoms with van der Waals surface area (Å²) in [5.74, 6) is -5.35. The summed E-state index contributed by atoms with van der Waals surface area (Å²) in [5.41, 5.74) is -3.68.